The molecule has 1 heterocycles. The highest BCUT2D eigenvalue weighted by Crippen LogP contribution is 2.32. The molecule has 6 nitrogen and oxygen atoms in total. The summed E-state index contributed by atoms with van der Waals surface area (Å²) in [5.41, 5.74) is 4.37. The van der Waals surface area contributed by atoms with E-state index in [2.05, 4.69) is 17.6 Å². The number of unbranched alkanes of at least 4 members (excludes halogenated alkanes) is 1. The van der Waals surface area contributed by atoms with Gasteiger partial charge >= 0.3 is 0 Å². The van der Waals surface area contributed by atoms with Crippen molar-refractivity contribution >= 4 is 46.4 Å². The summed E-state index contributed by atoms with van der Waals surface area (Å²) >= 11 is 6.27. The van der Waals surface area contributed by atoms with Crippen LogP contribution < -0.4 is 15.5 Å². The van der Waals surface area contributed by atoms with Crippen LogP contribution in [0.1, 0.15) is 48.2 Å². The number of aryl methyl sites for hydroxylation is 2. The minimum Gasteiger partial charge on any atom is -0.350 e. The molecule has 1 aliphatic heterocycles. The van der Waals surface area contributed by atoms with E-state index in [0.717, 1.165) is 35.4 Å². The van der Waals surface area contributed by atoms with Crippen LogP contribution in [0.4, 0.5) is 17.1 Å². The molecular weight excluding hydrogens is 474 g/mol. The van der Waals surface area contributed by atoms with Gasteiger partial charge in [-0.3, -0.25) is 14.4 Å². The summed E-state index contributed by atoms with van der Waals surface area (Å²) in [7, 11) is 0. The third-order valence-electron chi connectivity index (χ3n) is 6.09. The molecule has 3 aromatic carbocycles. The van der Waals surface area contributed by atoms with Gasteiger partial charge in [-0.1, -0.05) is 62.2 Å². The van der Waals surface area contributed by atoms with Crippen LogP contribution in [0.25, 0.3) is 0 Å². The lowest BCUT2D eigenvalue weighted by Gasteiger charge is -2.18. The van der Waals surface area contributed by atoms with E-state index in [1.807, 2.05) is 43.3 Å². The van der Waals surface area contributed by atoms with E-state index in [4.69, 9.17) is 11.6 Å². The first-order chi connectivity index (χ1) is 17.4. The second-order valence-corrected chi connectivity index (χ2v) is 8.95. The van der Waals surface area contributed by atoms with Crippen LogP contribution in [0, 0.1) is 0 Å². The zero-order valence-corrected chi connectivity index (χ0v) is 21.1. The Labute approximate surface area is 216 Å². The Balaban J connectivity index is 1.43. The van der Waals surface area contributed by atoms with Crippen molar-refractivity contribution in [3.8, 4) is 0 Å². The van der Waals surface area contributed by atoms with Gasteiger partial charge in [-0.05, 0) is 72.9 Å². The number of hydrogen-bond acceptors (Lipinski definition) is 4. The number of halogens is 1. The summed E-state index contributed by atoms with van der Waals surface area (Å²) in [6.07, 6.45) is 3.97. The van der Waals surface area contributed by atoms with Gasteiger partial charge < -0.3 is 10.6 Å². The van der Waals surface area contributed by atoms with Crippen molar-refractivity contribution in [3.63, 3.8) is 0 Å². The van der Waals surface area contributed by atoms with Crippen LogP contribution >= 0.6 is 11.6 Å². The van der Waals surface area contributed by atoms with Gasteiger partial charge in [-0.25, -0.2) is 4.90 Å². The Hall–Kier alpha value is -3.90. The average molecular weight is 502 g/mol. The minimum absolute atomic E-state index is 0.00735. The lowest BCUT2D eigenvalue weighted by atomic mass is 10.1. The number of para-hydroxylation sites is 1. The van der Waals surface area contributed by atoms with E-state index < -0.39 is 11.8 Å². The molecule has 0 saturated carbocycles. The predicted molar refractivity (Wildman–Crippen MR) is 144 cm³/mol. The Bertz CT molecular complexity index is 1310. The summed E-state index contributed by atoms with van der Waals surface area (Å²) in [6, 6.07) is 21.7. The summed E-state index contributed by atoms with van der Waals surface area (Å²) in [5.74, 6) is -1.33. The molecule has 7 heteroatoms. The number of rotatable bonds is 9. The van der Waals surface area contributed by atoms with Crippen molar-refractivity contribution in [1.82, 2.24) is 0 Å². The molecule has 0 spiro atoms. The Morgan fingerprint density at radius 2 is 1.53 bits per heavy atom. The van der Waals surface area contributed by atoms with Crippen LogP contribution in [0.5, 0.6) is 0 Å². The lowest BCUT2D eigenvalue weighted by molar-refractivity contribution is -0.120. The van der Waals surface area contributed by atoms with Gasteiger partial charge in [0.1, 0.15) is 10.7 Å². The van der Waals surface area contributed by atoms with E-state index in [9.17, 15) is 14.4 Å². The smallest absolute Gasteiger partial charge is 0.283 e. The Morgan fingerprint density at radius 1 is 0.861 bits per heavy atom. The van der Waals surface area contributed by atoms with Crippen LogP contribution in [0.15, 0.2) is 83.5 Å². The fourth-order valence-electron chi connectivity index (χ4n) is 4.05. The van der Waals surface area contributed by atoms with E-state index in [-0.39, 0.29) is 16.6 Å². The zero-order valence-electron chi connectivity index (χ0n) is 20.3. The molecule has 0 aliphatic carbocycles. The van der Waals surface area contributed by atoms with Gasteiger partial charge in [0.05, 0.1) is 5.69 Å². The number of carbonyl (C=O) groups excluding carboxylic acids is 3. The number of amides is 3. The molecule has 184 valence electrons. The molecular formula is C29H28ClN3O3. The number of anilines is 3. The van der Waals surface area contributed by atoms with Crippen molar-refractivity contribution in [2.75, 3.05) is 15.5 Å². The Morgan fingerprint density at radius 3 is 2.19 bits per heavy atom. The molecule has 0 aromatic heterocycles. The molecule has 3 amide bonds. The highest BCUT2D eigenvalue weighted by molar-refractivity contribution is 6.53. The molecule has 0 bridgehead atoms. The predicted octanol–water partition coefficient (Wildman–Crippen LogP) is 6.28. The first-order valence-corrected chi connectivity index (χ1v) is 12.4. The number of hydrogen-bond donors (Lipinski definition) is 2. The zero-order chi connectivity index (χ0) is 25.7. The normalized spacial score (nSPS) is 13.4. The minimum atomic E-state index is -0.568. The summed E-state index contributed by atoms with van der Waals surface area (Å²) < 4.78 is 0. The van der Waals surface area contributed by atoms with Crippen LogP contribution in [-0.4, -0.2) is 17.7 Å². The maximum Gasteiger partial charge on any atom is 0.283 e. The third-order valence-corrected chi connectivity index (χ3v) is 6.44. The van der Waals surface area contributed by atoms with Crippen molar-refractivity contribution in [2.45, 2.75) is 39.5 Å². The number of carbonyl (C=O) groups is 3. The average Bonchev–Trinajstić information content (AvgIpc) is 3.11. The number of benzene rings is 3. The van der Waals surface area contributed by atoms with E-state index in [1.165, 1.54) is 5.56 Å². The quantitative estimate of drug-likeness (QED) is 0.338. The van der Waals surface area contributed by atoms with Gasteiger partial charge in [-0.2, -0.15) is 0 Å². The van der Waals surface area contributed by atoms with E-state index in [1.54, 1.807) is 36.4 Å². The summed E-state index contributed by atoms with van der Waals surface area (Å²) in [4.78, 5) is 39.7. The second-order valence-electron chi connectivity index (χ2n) is 8.57. The van der Waals surface area contributed by atoms with E-state index in [0.29, 0.717) is 23.4 Å². The summed E-state index contributed by atoms with van der Waals surface area (Å²) in [6.45, 7) is 4.12. The van der Waals surface area contributed by atoms with Crippen molar-refractivity contribution in [2.24, 2.45) is 0 Å². The molecule has 36 heavy (non-hydrogen) atoms. The summed E-state index contributed by atoms with van der Waals surface area (Å²) in [5, 5.41) is 5.67. The fraction of sp³-hybridized carbons (Fsp3) is 0.207. The molecule has 2 N–H and O–H groups in total. The molecule has 0 unspecified atom stereocenters. The molecule has 0 radical (unpaired) electrons. The molecule has 4 rings (SSSR count). The highest BCUT2D eigenvalue weighted by Gasteiger charge is 2.39. The van der Waals surface area contributed by atoms with Crippen molar-refractivity contribution in [3.05, 3.63) is 100 Å². The van der Waals surface area contributed by atoms with Gasteiger partial charge in [-0.15, -0.1) is 0 Å². The SMILES string of the molecule is CCCCc1ccc(NC(=O)c2ccc(NC3=C(Cl)C(=O)N(c4ccccc4CC)C3=O)cc2)cc1. The monoisotopic (exact) mass is 501 g/mol. The van der Waals surface area contributed by atoms with Crippen LogP contribution in [0.2, 0.25) is 0 Å². The fourth-order valence-corrected chi connectivity index (χ4v) is 4.26. The first kappa shape index (κ1) is 25.2. The highest BCUT2D eigenvalue weighted by atomic mass is 35.5. The van der Waals surface area contributed by atoms with Gasteiger partial charge in [0.25, 0.3) is 17.7 Å². The molecule has 0 fully saturated rings. The van der Waals surface area contributed by atoms with Crippen molar-refractivity contribution < 1.29 is 14.4 Å². The lowest BCUT2D eigenvalue weighted by Crippen LogP contribution is -2.33. The number of nitrogens with zero attached hydrogens (tertiary/aromatic N) is 1. The van der Waals surface area contributed by atoms with Gasteiger partial charge in [0, 0.05) is 16.9 Å². The number of nitrogens with one attached hydrogen (secondary N) is 2. The third kappa shape index (κ3) is 5.34. The van der Waals surface area contributed by atoms with Gasteiger partial charge in [0.2, 0.25) is 0 Å². The van der Waals surface area contributed by atoms with Crippen LogP contribution in [-0.2, 0) is 22.4 Å². The second kappa shape index (κ2) is 11.2. The number of imide groups is 1. The first-order valence-electron chi connectivity index (χ1n) is 12.1. The molecule has 3 aromatic rings. The van der Waals surface area contributed by atoms with Gasteiger partial charge in [0.15, 0.2) is 0 Å². The standard InChI is InChI=1S/C29H28ClN3O3/c1-3-5-8-19-11-15-23(16-12-19)32-27(34)21-13-17-22(18-14-21)31-26-25(30)28(35)33(29(26)36)24-10-7-6-9-20(24)4-2/h6-7,9-18,31H,3-5,8H2,1-2H3,(H,32,34). The Kier molecular flexibility index (Phi) is 7.86. The van der Waals surface area contributed by atoms with E-state index >= 15 is 0 Å². The topological polar surface area (TPSA) is 78.5 Å². The maximum absolute atomic E-state index is 13.1. The molecule has 0 saturated heterocycles. The molecule has 1 aliphatic rings. The maximum atomic E-state index is 13.1. The largest absolute Gasteiger partial charge is 0.350 e. The van der Waals surface area contributed by atoms with Crippen LogP contribution in [0.3, 0.4) is 0 Å². The molecule has 0 atom stereocenters. The van der Waals surface area contributed by atoms with Crippen molar-refractivity contribution in [1.29, 1.82) is 0 Å².